The Morgan fingerprint density at radius 2 is 1.68 bits per heavy atom. The molecule has 126 valence electrons. The molecule has 0 saturated carbocycles. The molecule has 2 aromatic heterocycles. The smallest absolute Gasteiger partial charge is 0.355 e. The predicted octanol–water partition coefficient (Wildman–Crippen LogP) is 3.64. The molecule has 0 aliphatic heterocycles. The first-order chi connectivity index (χ1) is 11.9. The molecule has 0 atom stereocenters. The number of hydrogen-bond donors (Lipinski definition) is 2. The van der Waals surface area contributed by atoms with Gasteiger partial charge >= 0.3 is 11.9 Å². The maximum atomic E-state index is 11.7. The minimum absolute atomic E-state index is 0.0164. The van der Waals surface area contributed by atoms with Crippen LogP contribution in [0.1, 0.15) is 20.8 Å². The second-order valence-corrected chi connectivity index (χ2v) is 5.71. The van der Waals surface area contributed by atoms with Crippen LogP contribution in [0, 0.1) is 0 Å². The van der Waals surface area contributed by atoms with Crippen LogP contribution in [0.25, 0.3) is 16.9 Å². The van der Waals surface area contributed by atoms with E-state index >= 15 is 0 Å². The molecule has 2 N–H and O–H groups in total. The molecule has 0 saturated heterocycles. The molecule has 0 aliphatic rings. The van der Waals surface area contributed by atoms with Crippen molar-refractivity contribution in [3.63, 3.8) is 0 Å². The summed E-state index contributed by atoms with van der Waals surface area (Å²) in [6.07, 6.45) is 1.43. The SMILES string of the molecule is O=C(O)c1c(-c2cccnc2Cl)nn(-c2ccc(Cl)cc2)c1C(=O)O. The van der Waals surface area contributed by atoms with Crippen LogP contribution in [-0.4, -0.2) is 36.9 Å². The zero-order chi connectivity index (χ0) is 18.1. The quantitative estimate of drug-likeness (QED) is 0.672. The Kier molecular flexibility index (Phi) is 4.43. The fourth-order valence-corrected chi connectivity index (χ4v) is 2.67. The summed E-state index contributed by atoms with van der Waals surface area (Å²) < 4.78 is 1.03. The number of aromatic nitrogens is 3. The fourth-order valence-electron chi connectivity index (χ4n) is 2.34. The summed E-state index contributed by atoms with van der Waals surface area (Å²) in [5.41, 5.74) is -0.493. The number of rotatable bonds is 4. The summed E-state index contributed by atoms with van der Waals surface area (Å²) in [7, 11) is 0. The fraction of sp³-hybridized carbons (Fsp3) is 0. The summed E-state index contributed by atoms with van der Waals surface area (Å²) >= 11 is 11.9. The predicted molar refractivity (Wildman–Crippen MR) is 90.7 cm³/mol. The average Bonchev–Trinajstić information content (AvgIpc) is 2.96. The molecule has 7 nitrogen and oxygen atoms in total. The third-order valence-electron chi connectivity index (χ3n) is 3.39. The molecule has 9 heteroatoms. The van der Waals surface area contributed by atoms with Crippen LogP contribution < -0.4 is 0 Å². The maximum absolute atomic E-state index is 11.7. The highest BCUT2D eigenvalue weighted by Crippen LogP contribution is 2.31. The maximum Gasteiger partial charge on any atom is 0.355 e. The molecule has 0 unspecified atom stereocenters. The van der Waals surface area contributed by atoms with Crippen LogP contribution in [0.4, 0.5) is 0 Å². The first-order valence-corrected chi connectivity index (χ1v) is 7.62. The van der Waals surface area contributed by atoms with E-state index in [4.69, 9.17) is 23.2 Å². The Labute approximate surface area is 151 Å². The lowest BCUT2D eigenvalue weighted by Crippen LogP contribution is -2.12. The van der Waals surface area contributed by atoms with Crippen molar-refractivity contribution in [2.45, 2.75) is 0 Å². The van der Waals surface area contributed by atoms with E-state index in [-0.39, 0.29) is 16.4 Å². The normalized spacial score (nSPS) is 10.6. The van der Waals surface area contributed by atoms with Crippen molar-refractivity contribution in [3.05, 3.63) is 64.0 Å². The zero-order valence-electron chi connectivity index (χ0n) is 12.3. The Morgan fingerprint density at radius 3 is 2.24 bits per heavy atom. The van der Waals surface area contributed by atoms with Gasteiger partial charge in [0.15, 0.2) is 5.69 Å². The molecule has 0 fully saturated rings. The number of nitrogens with zero attached hydrogens (tertiary/aromatic N) is 3. The second kappa shape index (κ2) is 6.54. The van der Waals surface area contributed by atoms with E-state index in [9.17, 15) is 19.8 Å². The van der Waals surface area contributed by atoms with Gasteiger partial charge in [-0.3, -0.25) is 0 Å². The van der Waals surface area contributed by atoms with Gasteiger partial charge in [0.05, 0.1) is 5.69 Å². The first kappa shape index (κ1) is 16.9. The zero-order valence-corrected chi connectivity index (χ0v) is 13.9. The number of aromatic carboxylic acids is 2. The van der Waals surface area contributed by atoms with Gasteiger partial charge in [0.1, 0.15) is 16.4 Å². The monoisotopic (exact) mass is 377 g/mol. The third kappa shape index (κ3) is 3.07. The summed E-state index contributed by atoms with van der Waals surface area (Å²) in [6.45, 7) is 0. The highest BCUT2D eigenvalue weighted by Gasteiger charge is 2.30. The molecule has 3 rings (SSSR count). The van der Waals surface area contributed by atoms with E-state index in [0.717, 1.165) is 4.68 Å². The van der Waals surface area contributed by atoms with Crippen LogP contribution in [0.15, 0.2) is 42.6 Å². The van der Waals surface area contributed by atoms with Gasteiger partial charge in [0.2, 0.25) is 0 Å². The van der Waals surface area contributed by atoms with Crippen molar-refractivity contribution in [1.82, 2.24) is 14.8 Å². The molecule has 0 spiro atoms. The summed E-state index contributed by atoms with van der Waals surface area (Å²) in [5.74, 6) is -2.88. The van der Waals surface area contributed by atoms with Crippen molar-refractivity contribution in [2.75, 3.05) is 0 Å². The molecule has 0 radical (unpaired) electrons. The van der Waals surface area contributed by atoms with Crippen molar-refractivity contribution < 1.29 is 19.8 Å². The van der Waals surface area contributed by atoms with Crippen molar-refractivity contribution in [1.29, 1.82) is 0 Å². The summed E-state index contributed by atoms with van der Waals surface area (Å²) in [5, 5.41) is 23.7. The lowest BCUT2D eigenvalue weighted by Gasteiger charge is -2.04. The average molecular weight is 378 g/mol. The Bertz CT molecular complexity index is 984. The molecule has 25 heavy (non-hydrogen) atoms. The molecule has 2 heterocycles. The Balaban J connectivity index is 2.35. The molecule has 0 aliphatic carbocycles. The van der Waals surface area contributed by atoms with Crippen LogP contribution in [-0.2, 0) is 0 Å². The number of pyridine rings is 1. The number of hydrogen-bond acceptors (Lipinski definition) is 4. The van der Waals surface area contributed by atoms with Crippen LogP contribution in [0.2, 0.25) is 10.2 Å². The highest BCUT2D eigenvalue weighted by molar-refractivity contribution is 6.32. The summed E-state index contributed by atoms with van der Waals surface area (Å²) in [4.78, 5) is 27.3. The van der Waals surface area contributed by atoms with E-state index in [2.05, 4.69) is 10.1 Å². The number of carboxylic acid groups (broad SMARTS) is 2. The lowest BCUT2D eigenvalue weighted by atomic mass is 10.1. The van der Waals surface area contributed by atoms with E-state index in [1.165, 1.54) is 24.4 Å². The number of halogens is 2. The molecule has 0 bridgehead atoms. The van der Waals surface area contributed by atoms with Gasteiger partial charge in [0.25, 0.3) is 0 Å². The minimum Gasteiger partial charge on any atom is -0.478 e. The molecule has 3 aromatic rings. The van der Waals surface area contributed by atoms with Crippen molar-refractivity contribution >= 4 is 35.1 Å². The molecule has 0 amide bonds. The largest absolute Gasteiger partial charge is 0.478 e. The Hall–Kier alpha value is -2.90. The van der Waals surface area contributed by atoms with Gasteiger partial charge in [-0.15, -0.1) is 0 Å². The van der Waals surface area contributed by atoms with Crippen LogP contribution in [0.3, 0.4) is 0 Å². The number of benzene rings is 1. The Morgan fingerprint density at radius 1 is 1.00 bits per heavy atom. The standard InChI is InChI=1S/C16H9Cl2N3O4/c17-8-3-5-9(6-4-8)21-13(16(24)25)11(15(22)23)12(20-21)10-2-1-7-19-14(10)18/h1-7H,(H,22,23)(H,24,25). The molecular formula is C16H9Cl2N3O4. The number of carboxylic acids is 2. The van der Waals surface area contributed by atoms with Crippen LogP contribution in [0.5, 0.6) is 0 Å². The molecule has 1 aromatic carbocycles. The van der Waals surface area contributed by atoms with Gasteiger partial charge in [-0.2, -0.15) is 5.10 Å². The second-order valence-electron chi connectivity index (χ2n) is 4.91. The van der Waals surface area contributed by atoms with E-state index in [1.807, 2.05) is 0 Å². The van der Waals surface area contributed by atoms with E-state index < -0.39 is 23.2 Å². The van der Waals surface area contributed by atoms with Gasteiger partial charge in [-0.05, 0) is 36.4 Å². The highest BCUT2D eigenvalue weighted by atomic mass is 35.5. The van der Waals surface area contributed by atoms with Crippen molar-refractivity contribution in [2.24, 2.45) is 0 Å². The van der Waals surface area contributed by atoms with E-state index in [1.54, 1.807) is 18.2 Å². The summed E-state index contributed by atoms with van der Waals surface area (Å²) in [6, 6.07) is 9.21. The third-order valence-corrected chi connectivity index (χ3v) is 3.94. The van der Waals surface area contributed by atoms with Crippen molar-refractivity contribution in [3.8, 4) is 16.9 Å². The molecular weight excluding hydrogens is 369 g/mol. The van der Waals surface area contributed by atoms with Crippen LogP contribution >= 0.6 is 23.2 Å². The van der Waals surface area contributed by atoms with Gasteiger partial charge < -0.3 is 10.2 Å². The minimum atomic E-state index is -1.44. The number of carbonyl (C=O) groups is 2. The van der Waals surface area contributed by atoms with Gasteiger partial charge in [-0.1, -0.05) is 23.2 Å². The first-order valence-electron chi connectivity index (χ1n) is 6.86. The lowest BCUT2D eigenvalue weighted by molar-refractivity contribution is 0.0646. The van der Waals surface area contributed by atoms with Gasteiger partial charge in [-0.25, -0.2) is 19.3 Å². The topological polar surface area (TPSA) is 105 Å². The van der Waals surface area contributed by atoms with E-state index in [0.29, 0.717) is 10.7 Å². The van der Waals surface area contributed by atoms with Gasteiger partial charge in [0, 0.05) is 16.8 Å².